The summed E-state index contributed by atoms with van der Waals surface area (Å²) in [5.74, 6) is 0. The van der Waals surface area contributed by atoms with Gasteiger partial charge in [0.25, 0.3) is 0 Å². The van der Waals surface area contributed by atoms with Crippen molar-refractivity contribution in [3.63, 3.8) is 0 Å². The van der Waals surface area contributed by atoms with Crippen molar-refractivity contribution in [1.29, 1.82) is 5.26 Å². The van der Waals surface area contributed by atoms with E-state index in [1.54, 1.807) is 6.07 Å². The minimum absolute atomic E-state index is 0.661. The Bertz CT molecular complexity index is 719. The van der Waals surface area contributed by atoms with Crippen LogP contribution in [0.4, 0.5) is 0 Å². The van der Waals surface area contributed by atoms with Crippen LogP contribution >= 0.6 is 0 Å². The number of rotatable bonds is 1. The zero-order chi connectivity index (χ0) is 11.7. The second-order valence-corrected chi connectivity index (χ2v) is 3.76. The van der Waals surface area contributed by atoms with Gasteiger partial charge in [0.05, 0.1) is 23.5 Å². The summed E-state index contributed by atoms with van der Waals surface area (Å²) in [6.07, 6.45) is 3.79. The summed E-state index contributed by atoms with van der Waals surface area (Å²) in [5.41, 5.74) is 3.57. The summed E-state index contributed by atoms with van der Waals surface area (Å²) in [4.78, 5) is 4.33. The number of imidazole rings is 1. The molecule has 0 amide bonds. The van der Waals surface area contributed by atoms with Crippen LogP contribution in [0.2, 0.25) is 0 Å². The number of hydrogen-bond acceptors (Lipinski definition) is 2. The molecule has 2 heterocycles. The third-order valence-electron chi connectivity index (χ3n) is 2.70. The van der Waals surface area contributed by atoms with E-state index in [1.807, 2.05) is 53.2 Å². The average molecular weight is 219 g/mol. The van der Waals surface area contributed by atoms with Crippen LogP contribution in [-0.2, 0) is 0 Å². The second-order valence-electron chi connectivity index (χ2n) is 3.76. The second kappa shape index (κ2) is 3.76. The van der Waals surface area contributed by atoms with Crippen LogP contribution in [0.25, 0.3) is 16.9 Å². The van der Waals surface area contributed by atoms with E-state index in [0.717, 1.165) is 16.9 Å². The number of nitrogens with zero attached hydrogens (tertiary/aromatic N) is 3. The van der Waals surface area contributed by atoms with Crippen LogP contribution in [0.5, 0.6) is 0 Å². The Morgan fingerprint density at radius 1 is 1.12 bits per heavy atom. The third kappa shape index (κ3) is 1.56. The van der Waals surface area contributed by atoms with E-state index >= 15 is 0 Å². The number of benzene rings is 1. The van der Waals surface area contributed by atoms with E-state index in [-0.39, 0.29) is 0 Å². The van der Waals surface area contributed by atoms with Crippen LogP contribution in [-0.4, -0.2) is 9.38 Å². The van der Waals surface area contributed by atoms with Crippen molar-refractivity contribution in [2.45, 2.75) is 0 Å². The first kappa shape index (κ1) is 9.61. The highest BCUT2D eigenvalue weighted by molar-refractivity contribution is 5.65. The summed E-state index contributed by atoms with van der Waals surface area (Å²) >= 11 is 0. The molecule has 0 aliphatic heterocycles. The monoisotopic (exact) mass is 219 g/mol. The maximum Gasteiger partial charge on any atom is 0.137 e. The predicted octanol–water partition coefficient (Wildman–Crippen LogP) is 2.87. The van der Waals surface area contributed by atoms with Crippen LogP contribution in [0.15, 0.2) is 54.9 Å². The lowest BCUT2D eigenvalue weighted by Crippen LogP contribution is -1.87. The summed E-state index contributed by atoms with van der Waals surface area (Å²) in [5, 5.41) is 8.90. The molecule has 0 bridgehead atoms. The molecule has 0 saturated heterocycles. The molecule has 80 valence electrons. The van der Waals surface area contributed by atoms with Gasteiger partial charge < -0.3 is 0 Å². The lowest BCUT2D eigenvalue weighted by molar-refractivity contribution is 1.19. The average Bonchev–Trinajstić information content (AvgIpc) is 2.82. The molecule has 0 N–H and O–H groups in total. The van der Waals surface area contributed by atoms with Crippen LogP contribution < -0.4 is 0 Å². The van der Waals surface area contributed by atoms with Gasteiger partial charge in [0.1, 0.15) is 5.65 Å². The van der Waals surface area contributed by atoms with Crippen molar-refractivity contribution in [3.05, 3.63) is 60.4 Å². The zero-order valence-corrected chi connectivity index (χ0v) is 9.04. The molecule has 0 spiro atoms. The van der Waals surface area contributed by atoms with Gasteiger partial charge in [-0.1, -0.05) is 18.2 Å². The van der Waals surface area contributed by atoms with Crippen molar-refractivity contribution >= 4 is 5.65 Å². The first-order chi connectivity index (χ1) is 8.38. The van der Waals surface area contributed by atoms with Gasteiger partial charge in [-0.3, -0.25) is 4.40 Å². The quantitative estimate of drug-likeness (QED) is 0.631. The van der Waals surface area contributed by atoms with Crippen molar-refractivity contribution in [2.75, 3.05) is 0 Å². The van der Waals surface area contributed by atoms with Crippen molar-refractivity contribution in [1.82, 2.24) is 9.38 Å². The van der Waals surface area contributed by atoms with Gasteiger partial charge in [-0.15, -0.1) is 0 Å². The van der Waals surface area contributed by atoms with Crippen molar-refractivity contribution in [3.8, 4) is 17.3 Å². The summed E-state index contributed by atoms with van der Waals surface area (Å²) in [6.45, 7) is 0. The molecule has 3 nitrogen and oxygen atoms in total. The normalized spacial score (nSPS) is 10.3. The Hall–Kier alpha value is -2.60. The smallest absolute Gasteiger partial charge is 0.137 e. The fraction of sp³-hybridized carbons (Fsp3) is 0. The summed E-state index contributed by atoms with van der Waals surface area (Å²) < 4.78 is 2.01. The Morgan fingerprint density at radius 3 is 2.94 bits per heavy atom. The van der Waals surface area contributed by atoms with Gasteiger partial charge in [0.15, 0.2) is 0 Å². The molecule has 17 heavy (non-hydrogen) atoms. The van der Waals surface area contributed by atoms with E-state index in [0.29, 0.717) is 5.56 Å². The van der Waals surface area contributed by atoms with E-state index in [1.165, 1.54) is 0 Å². The molecular weight excluding hydrogens is 210 g/mol. The molecule has 0 unspecified atom stereocenters. The Balaban J connectivity index is 2.24. The fourth-order valence-electron chi connectivity index (χ4n) is 1.89. The first-order valence-corrected chi connectivity index (χ1v) is 5.31. The number of fused-ring (bicyclic) bond motifs is 1. The minimum Gasteiger partial charge on any atom is -0.300 e. The van der Waals surface area contributed by atoms with Gasteiger partial charge in [-0.25, -0.2) is 4.98 Å². The van der Waals surface area contributed by atoms with Crippen LogP contribution in [0.1, 0.15) is 5.56 Å². The third-order valence-corrected chi connectivity index (χ3v) is 2.70. The maximum absolute atomic E-state index is 8.90. The Labute approximate surface area is 98.6 Å². The molecular formula is C14H9N3. The standard InChI is InChI=1S/C14H9N3/c15-9-11-4-3-5-12(8-11)13-10-16-14-6-1-2-7-17(13)14/h1-8,10H. The lowest BCUT2D eigenvalue weighted by atomic mass is 10.1. The van der Waals surface area contributed by atoms with Gasteiger partial charge >= 0.3 is 0 Å². The highest BCUT2D eigenvalue weighted by Crippen LogP contribution is 2.21. The van der Waals surface area contributed by atoms with E-state index in [9.17, 15) is 0 Å². The molecule has 0 aliphatic rings. The molecule has 1 aromatic carbocycles. The predicted molar refractivity (Wildman–Crippen MR) is 65.3 cm³/mol. The zero-order valence-electron chi connectivity index (χ0n) is 9.04. The minimum atomic E-state index is 0.661. The molecule has 3 heteroatoms. The highest BCUT2D eigenvalue weighted by Gasteiger charge is 2.05. The topological polar surface area (TPSA) is 41.1 Å². The first-order valence-electron chi connectivity index (χ1n) is 5.31. The molecule has 0 atom stereocenters. The van der Waals surface area contributed by atoms with E-state index in [4.69, 9.17) is 5.26 Å². The number of pyridine rings is 1. The van der Waals surface area contributed by atoms with Gasteiger partial charge in [-0.05, 0) is 24.3 Å². The number of hydrogen-bond donors (Lipinski definition) is 0. The number of nitriles is 1. The Morgan fingerprint density at radius 2 is 2.06 bits per heavy atom. The maximum atomic E-state index is 8.90. The molecule has 0 fully saturated rings. The van der Waals surface area contributed by atoms with Gasteiger partial charge in [-0.2, -0.15) is 5.26 Å². The molecule has 3 rings (SSSR count). The van der Waals surface area contributed by atoms with E-state index < -0.39 is 0 Å². The largest absolute Gasteiger partial charge is 0.300 e. The summed E-state index contributed by atoms with van der Waals surface area (Å²) in [6, 6.07) is 15.6. The van der Waals surface area contributed by atoms with Gasteiger partial charge in [0.2, 0.25) is 0 Å². The van der Waals surface area contributed by atoms with Gasteiger partial charge in [0, 0.05) is 11.8 Å². The van der Waals surface area contributed by atoms with Crippen LogP contribution in [0.3, 0.4) is 0 Å². The molecule has 0 saturated carbocycles. The van der Waals surface area contributed by atoms with Crippen molar-refractivity contribution < 1.29 is 0 Å². The fourth-order valence-corrected chi connectivity index (χ4v) is 1.89. The summed E-state index contributed by atoms with van der Waals surface area (Å²) in [7, 11) is 0. The molecule has 0 radical (unpaired) electrons. The number of aromatic nitrogens is 2. The van der Waals surface area contributed by atoms with Crippen LogP contribution in [0, 0.1) is 11.3 Å². The highest BCUT2D eigenvalue weighted by atomic mass is 15.0. The molecule has 2 aromatic heterocycles. The molecule has 0 aliphatic carbocycles. The van der Waals surface area contributed by atoms with E-state index in [2.05, 4.69) is 11.1 Å². The molecule has 3 aromatic rings. The SMILES string of the molecule is N#Cc1cccc(-c2cnc3ccccn23)c1. The van der Waals surface area contributed by atoms with Crippen molar-refractivity contribution in [2.24, 2.45) is 0 Å². The Kier molecular flexibility index (Phi) is 2.13. The lowest BCUT2D eigenvalue weighted by Gasteiger charge is -2.01.